The van der Waals surface area contributed by atoms with Crippen molar-refractivity contribution in [3.8, 4) is 0 Å². The van der Waals surface area contributed by atoms with Crippen LogP contribution in [0.4, 0.5) is 31.1 Å². The van der Waals surface area contributed by atoms with E-state index in [0.717, 1.165) is 31.4 Å². The molecule has 0 spiro atoms. The molecule has 42 heavy (non-hydrogen) atoms. The molecule has 0 bridgehead atoms. The first-order valence-electron chi connectivity index (χ1n) is 12.7. The fourth-order valence-corrected chi connectivity index (χ4v) is 4.05. The number of benzene rings is 3. The van der Waals surface area contributed by atoms with Crippen LogP contribution in [-0.2, 0) is 20.7 Å². The minimum atomic E-state index is -4.42. The van der Waals surface area contributed by atoms with Crippen LogP contribution in [0.1, 0.15) is 41.1 Å². The number of carbonyl (C=O) groups excluding carboxylic acids is 3. The maximum absolute atomic E-state index is 14.3. The van der Waals surface area contributed by atoms with Gasteiger partial charge in [-0.15, -0.1) is 0 Å². The van der Waals surface area contributed by atoms with E-state index in [-0.39, 0.29) is 24.0 Å². The summed E-state index contributed by atoms with van der Waals surface area (Å²) in [6.07, 6.45) is -5.13. The van der Waals surface area contributed by atoms with Crippen molar-refractivity contribution in [2.75, 3.05) is 7.11 Å². The van der Waals surface area contributed by atoms with Gasteiger partial charge in [-0.1, -0.05) is 54.1 Å². The number of amides is 2. The van der Waals surface area contributed by atoms with Gasteiger partial charge in [-0.25, -0.2) is 27.2 Å². The predicted molar refractivity (Wildman–Crippen MR) is 141 cm³/mol. The van der Waals surface area contributed by atoms with Crippen LogP contribution in [0.25, 0.3) is 0 Å². The molecule has 2 amide bonds. The van der Waals surface area contributed by atoms with Crippen molar-refractivity contribution in [1.29, 1.82) is 0 Å². The predicted octanol–water partition coefficient (Wildman–Crippen LogP) is 6.07. The zero-order valence-corrected chi connectivity index (χ0v) is 22.6. The molecule has 0 aliphatic heterocycles. The largest absolute Gasteiger partial charge is 0.463 e. The van der Waals surface area contributed by atoms with Gasteiger partial charge in [0.1, 0.15) is 17.2 Å². The summed E-state index contributed by atoms with van der Waals surface area (Å²) in [7, 11) is 1.00. The van der Waals surface area contributed by atoms with Crippen LogP contribution in [-0.4, -0.2) is 42.8 Å². The van der Waals surface area contributed by atoms with E-state index in [0.29, 0.717) is 6.07 Å². The zero-order chi connectivity index (χ0) is 31.1. The topological polar surface area (TPSA) is 84.5 Å². The van der Waals surface area contributed by atoms with Gasteiger partial charge in [0.05, 0.1) is 13.2 Å². The Morgan fingerprint density at radius 3 is 2.02 bits per heavy atom. The molecule has 224 valence electrons. The number of ketones is 1. The fraction of sp³-hybridized carbons (Fsp3) is 0.300. The van der Waals surface area contributed by atoms with E-state index < -0.39 is 65.3 Å². The first-order valence-corrected chi connectivity index (χ1v) is 12.7. The minimum absolute atomic E-state index is 0.101. The molecule has 0 aromatic heterocycles. The number of nitrogens with one attached hydrogen (secondary N) is 2. The smallest absolute Gasteiger partial charge is 0.376 e. The summed E-state index contributed by atoms with van der Waals surface area (Å²) in [6, 6.07) is 15.2. The average molecular weight is 595 g/mol. The summed E-state index contributed by atoms with van der Waals surface area (Å²) in [4.78, 5) is 36.5. The summed E-state index contributed by atoms with van der Waals surface area (Å²) < 4.78 is 84.5. The highest BCUT2D eigenvalue weighted by Gasteiger charge is 2.54. The number of urea groups is 1. The van der Waals surface area contributed by atoms with Gasteiger partial charge in [-0.3, -0.25) is 4.79 Å². The molecule has 0 heterocycles. The van der Waals surface area contributed by atoms with Crippen molar-refractivity contribution in [3.63, 3.8) is 0 Å². The normalized spacial score (nSPS) is 14.2. The van der Waals surface area contributed by atoms with Crippen LogP contribution in [0.2, 0.25) is 0 Å². The molecule has 0 unspecified atom stereocenters. The molecule has 4 rings (SSSR count). The van der Waals surface area contributed by atoms with Gasteiger partial charge in [0.2, 0.25) is 0 Å². The number of aryl methyl sites for hydroxylation is 1. The third-order valence-corrected chi connectivity index (χ3v) is 6.40. The Hall–Kier alpha value is -4.35. The van der Waals surface area contributed by atoms with Gasteiger partial charge in [-0.05, 0) is 60.7 Å². The third-order valence-electron chi connectivity index (χ3n) is 6.40. The number of hydrogen-bond donors (Lipinski definition) is 2. The van der Waals surface area contributed by atoms with Crippen LogP contribution in [0.15, 0.2) is 72.8 Å². The van der Waals surface area contributed by atoms with Crippen molar-refractivity contribution in [1.82, 2.24) is 10.6 Å². The monoisotopic (exact) mass is 594 g/mol. The highest BCUT2D eigenvalue weighted by molar-refractivity contribution is 6.38. The molecule has 1 aliphatic carbocycles. The van der Waals surface area contributed by atoms with E-state index in [2.05, 4.69) is 34.4 Å². The lowest BCUT2D eigenvalue weighted by Gasteiger charge is -2.23. The SMILES string of the molecule is COC(=O)C(=O)C1(NC(=O)N[C@H](c2ccc(F)cc2)c2cc(F)cc(CC(F)(F)C(F)F)c2)CC1.Cc1ccccc1. The molecule has 0 radical (unpaired) electrons. The number of hydrogen-bond acceptors (Lipinski definition) is 4. The lowest BCUT2D eigenvalue weighted by atomic mass is 9.95. The summed E-state index contributed by atoms with van der Waals surface area (Å²) >= 11 is 0. The maximum atomic E-state index is 14.3. The molecular formula is C30H28F6N2O4. The Morgan fingerprint density at radius 2 is 1.52 bits per heavy atom. The molecule has 3 aromatic rings. The second-order valence-electron chi connectivity index (χ2n) is 9.77. The first-order chi connectivity index (χ1) is 19.8. The van der Waals surface area contributed by atoms with Gasteiger partial charge in [0, 0.05) is 6.42 Å². The van der Waals surface area contributed by atoms with Crippen LogP contribution in [0.5, 0.6) is 0 Å². The summed E-state index contributed by atoms with van der Waals surface area (Å²) in [6.45, 7) is 2.08. The Labute approximate surface area is 238 Å². The Bertz CT molecular complexity index is 1400. The molecule has 3 aromatic carbocycles. The number of carbonyl (C=O) groups is 3. The van der Waals surface area contributed by atoms with E-state index in [9.17, 15) is 40.7 Å². The quantitative estimate of drug-likeness (QED) is 0.179. The van der Waals surface area contributed by atoms with Crippen molar-refractivity contribution in [2.45, 2.75) is 50.1 Å². The molecule has 12 heteroatoms. The second kappa shape index (κ2) is 13.5. The molecular weight excluding hydrogens is 566 g/mol. The lowest BCUT2D eigenvalue weighted by Crippen LogP contribution is -2.51. The number of alkyl halides is 4. The van der Waals surface area contributed by atoms with E-state index in [1.807, 2.05) is 18.2 Å². The number of methoxy groups -OCH3 is 1. The maximum Gasteiger partial charge on any atom is 0.376 e. The van der Waals surface area contributed by atoms with E-state index in [1.54, 1.807) is 0 Å². The number of halogens is 6. The van der Waals surface area contributed by atoms with E-state index in [4.69, 9.17) is 0 Å². The van der Waals surface area contributed by atoms with Crippen molar-refractivity contribution in [3.05, 3.63) is 107 Å². The highest BCUT2D eigenvalue weighted by Crippen LogP contribution is 2.37. The summed E-state index contributed by atoms with van der Waals surface area (Å²) in [5, 5.41) is 4.80. The number of Topliss-reactive ketones (excluding diaryl/α,β-unsaturated/α-hetero) is 1. The molecule has 1 atom stereocenters. The van der Waals surface area contributed by atoms with Crippen LogP contribution in [0.3, 0.4) is 0 Å². The third kappa shape index (κ3) is 8.58. The van der Waals surface area contributed by atoms with Gasteiger partial charge in [-0.2, -0.15) is 8.78 Å². The first kappa shape index (κ1) is 32.2. The van der Waals surface area contributed by atoms with Crippen LogP contribution < -0.4 is 10.6 Å². The van der Waals surface area contributed by atoms with Gasteiger partial charge in [0.15, 0.2) is 0 Å². The van der Waals surface area contributed by atoms with Gasteiger partial charge >= 0.3 is 24.3 Å². The second-order valence-corrected chi connectivity index (χ2v) is 9.77. The van der Waals surface area contributed by atoms with Crippen LogP contribution in [0, 0.1) is 18.6 Å². The molecule has 1 saturated carbocycles. The number of rotatable bonds is 9. The van der Waals surface area contributed by atoms with E-state index >= 15 is 0 Å². The van der Waals surface area contributed by atoms with E-state index in [1.165, 1.54) is 17.7 Å². The molecule has 1 aliphatic rings. The summed E-state index contributed by atoms with van der Waals surface area (Å²) in [5.41, 5.74) is -0.530. The molecule has 1 fully saturated rings. The molecule has 2 N–H and O–H groups in total. The highest BCUT2D eigenvalue weighted by atomic mass is 19.3. The van der Waals surface area contributed by atoms with Crippen molar-refractivity contribution < 1.29 is 45.5 Å². The number of ether oxygens (including phenoxy) is 1. The standard InChI is InChI=1S/C23H20F6N2O4.C7H8/c1-35-19(33)18(32)22(6-7-22)31-21(34)30-17(13-2-4-15(24)5-3-13)14-8-12(9-16(25)10-14)11-23(28,29)20(26)27;1-7-5-3-2-4-6-7/h2-5,8-10,17,20H,6-7,11H2,1H3,(H2,30,31,34);2-6H,1H3/t17-;/m1./s1. The number of esters is 1. The fourth-order valence-electron chi connectivity index (χ4n) is 4.05. The van der Waals surface area contributed by atoms with Crippen molar-refractivity contribution in [2.24, 2.45) is 0 Å². The van der Waals surface area contributed by atoms with Gasteiger partial charge in [0.25, 0.3) is 5.78 Å². The Morgan fingerprint density at radius 1 is 0.905 bits per heavy atom. The van der Waals surface area contributed by atoms with Crippen molar-refractivity contribution >= 4 is 17.8 Å². The average Bonchev–Trinajstić information content (AvgIpc) is 3.72. The molecule has 0 saturated heterocycles. The lowest BCUT2D eigenvalue weighted by molar-refractivity contribution is -0.152. The van der Waals surface area contributed by atoms with Gasteiger partial charge < -0.3 is 15.4 Å². The summed E-state index contributed by atoms with van der Waals surface area (Å²) in [5.74, 6) is -8.22. The Kier molecular flexibility index (Phi) is 10.4. The minimum Gasteiger partial charge on any atom is -0.463 e. The molecule has 6 nitrogen and oxygen atoms in total. The van der Waals surface area contributed by atoms with Crippen LogP contribution >= 0.6 is 0 Å². The zero-order valence-electron chi connectivity index (χ0n) is 22.6. The Balaban J connectivity index is 0.000000603.